The van der Waals surface area contributed by atoms with Crippen molar-refractivity contribution in [2.24, 2.45) is 5.73 Å². The molecule has 0 saturated heterocycles. The molecule has 1 rings (SSSR count). The molecule has 0 saturated carbocycles. The Labute approximate surface area is 111 Å². The molecule has 0 spiro atoms. The summed E-state index contributed by atoms with van der Waals surface area (Å²) in [5, 5.41) is 0. The largest absolute Gasteiger partial charge is 0.391 e. The molecule has 5 heteroatoms. The number of rotatable bonds is 6. The van der Waals surface area contributed by atoms with Crippen molar-refractivity contribution in [2.75, 3.05) is 13.2 Å². The smallest absolute Gasteiger partial charge is 0.379 e. The third-order valence-electron chi connectivity index (χ3n) is 2.86. The van der Waals surface area contributed by atoms with Gasteiger partial charge in [-0.05, 0) is 17.0 Å². The number of benzene rings is 1. The van der Waals surface area contributed by atoms with Gasteiger partial charge in [-0.25, -0.2) is 0 Å². The molecule has 0 aliphatic heterocycles. The molecule has 1 atom stereocenters. The summed E-state index contributed by atoms with van der Waals surface area (Å²) in [7, 11) is 0. The van der Waals surface area contributed by atoms with Gasteiger partial charge in [0.25, 0.3) is 0 Å². The van der Waals surface area contributed by atoms with Gasteiger partial charge < -0.3 is 10.5 Å². The zero-order chi connectivity index (χ0) is 14.5. The summed E-state index contributed by atoms with van der Waals surface area (Å²) in [6, 6.07) is 7.36. The topological polar surface area (TPSA) is 35.2 Å². The number of nitrogens with two attached hydrogens (primary N) is 1. The van der Waals surface area contributed by atoms with Gasteiger partial charge in [-0.1, -0.05) is 38.1 Å². The summed E-state index contributed by atoms with van der Waals surface area (Å²) in [6.45, 7) is 3.93. The fraction of sp³-hybridized carbons (Fsp3) is 0.571. The highest BCUT2D eigenvalue weighted by atomic mass is 19.4. The number of ether oxygens (including phenoxy) is 1. The highest BCUT2D eigenvalue weighted by Gasteiger charge is 2.26. The van der Waals surface area contributed by atoms with E-state index in [9.17, 15) is 13.2 Å². The molecule has 1 aromatic carbocycles. The highest BCUT2D eigenvalue weighted by Crippen LogP contribution is 2.20. The van der Waals surface area contributed by atoms with Gasteiger partial charge in [0.1, 0.15) is 0 Å². The van der Waals surface area contributed by atoms with Crippen LogP contribution in [-0.4, -0.2) is 19.4 Å². The van der Waals surface area contributed by atoms with Gasteiger partial charge in [-0.15, -0.1) is 0 Å². The minimum atomic E-state index is -4.18. The first-order chi connectivity index (χ1) is 8.79. The average molecular weight is 275 g/mol. The van der Waals surface area contributed by atoms with Crippen molar-refractivity contribution < 1.29 is 17.9 Å². The summed E-state index contributed by atoms with van der Waals surface area (Å²) in [6.07, 6.45) is -5.12. The van der Waals surface area contributed by atoms with E-state index in [0.717, 1.165) is 5.56 Å². The number of hydrogen-bond donors (Lipinski definition) is 1. The van der Waals surface area contributed by atoms with Gasteiger partial charge >= 0.3 is 6.18 Å². The molecule has 0 aliphatic carbocycles. The maximum Gasteiger partial charge on any atom is 0.391 e. The van der Waals surface area contributed by atoms with E-state index in [1.807, 2.05) is 24.3 Å². The molecule has 0 heterocycles. The molecule has 2 N–H and O–H groups in total. The lowest BCUT2D eigenvalue weighted by Gasteiger charge is -2.14. The Balaban J connectivity index is 2.39. The van der Waals surface area contributed by atoms with Crippen molar-refractivity contribution in [3.05, 3.63) is 35.4 Å². The Morgan fingerprint density at radius 3 is 2.11 bits per heavy atom. The van der Waals surface area contributed by atoms with Gasteiger partial charge in [0, 0.05) is 0 Å². The van der Waals surface area contributed by atoms with Gasteiger partial charge in [0.2, 0.25) is 0 Å². The van der Waals surface area contributed by atoms with Gasteiger partial charge in [-0.3, -0.25) is 0 Å². The van der Waals surface area contributed by atoms with E-state index in [1.165, 1.54) is 5.56 Å². The molecule has 0 amide bonds. The zero-order valence-electron chi connectivity index (χ0n) is 11.2. The Kier molecular flexibility index (Phi) is 5.82. The monoisotopic (exact) mass is 275 g/mol. The summed E-state index contributed by atoms with van der Waals surface area (Å²) in [5.41, 5.74) is 7.94. The predicted octanol–water partition coefficient (Wildman–Crippen LogP) is 3.78. The second kappa shape index (κ2) is 6.91. The molecule has 0 radical (unpaired) electrons. The minimum Gasteiger partial charge on any atom is -0.379 e. The molecular weight excluding hydrogens is 255 g/mol. The van der Waals surface area contributed by atoms with Crippen LogP contribution in [0.15, 0.2) is 24.3 Å². The van der Waals surface area contributed by atoms with E-state index in [4.69, 9.17) is 10.5 Å². The van der Waals surface area contributed by atoms with Crippen LogP contribution in [0.3, 0.4) is 0 Å². The Bertz CT molecular complexity index is 373. The highest BCUT2D eigenvalue weighted by molar-refractivity contribution is 5.26. The average Bonchev–Trinajstić information content (AvgIpc) is 2.33. The standard InChI is InChI=1S/C14H20F3NO/c1-10(2)11-3-5-12(6-4-11)13(18)9-19-8-7-14(15,16)17/h3-6,10,13H,7-9,18H2,1-2H3. The Morgan fingerprint density at radius 1 is 1.11 bits per heavy atom. The lowest BCUT2D eigenvalue weighted by molar-refractivity contribution is -0.145. The van der Waals surface area contributed by atoms with Crippen LogP contribution >= 0.6 is 0 Å². The zero-order valence-corrected chi connectivity index (χ0v) is 11.2. The van der Waals surface area contributed by atoms with Crippen molar-refractivity contribution in [1.82, 2.24) is 0 Å². The predicted molar refractivity (Wildman–Crippen MR) is 69.0 cm³/mol. The molecule has 1 aromatic rings. The van der Waals surface area contributed by atoms with Gasteiger partial charge in [0.15, 0.2) is 0 Å². The molecule has 1 unspecified atom stereocenters. The van der Waals surface area contributed by atoms with Crippen LogP contribution in [0.1, 0.15) is 43.4 Å². The maximum absolute atomic E-state index is 11.9. The summed E-state index contributed by atoms with van der Waals surface area (Å²) >= 11 is 0. The summed E-state index contributed by atoms with van der Waals surface area (Å²) in [5.74, 6) is 0.438. The van der Waals surface area contributed by atoms with Crippen LogP contribution in [0, 0.1) is 0 Å². The van der Waals surface area contributed by atoms with Crippen molar-refractivity contribution in [3.8, 4) is 0 Å². The second-order valence-electron chi connectivity index (χ2n) is 4.87. The molecule has 108 valence electrons. The summed E-state index contributed by atoms with van der Waals surface area (Å²) in [4.78, 5) is 0. The number of halogens is 3. The second-order valence-corrected chi connectivity index (χ2v) is 4.87. The lowest BCUT2D eigenvalue weighted by Crippen LogP contribution is -2.19. The molecule has 0 bridgehead atoms. The van der Waals surface area contributed by atoms with Crippen LogP contribution < -0.4 is 5.73 Å². The van der Waals surface area contributed by atoms with E-state index in [0.29, 0.717) is 5.92 Å². The van der Waals surface area contributed by atoms with Crippen LogP contribution in [0.4, 0.5) is 13.2 Å². The van der Waals surface area contributed by atoms with Crippen molar-refractivity contribution in [3.63, 3.8) is 0 Å². The van der Waals surface area contributed by atoms with E-state index in [2.05, 4.69) is 13.8 Å². The SMILES string of the molecule is CC(C)c1ccc(C(N)COCCC(F)(F)F)cc1. The molecule has 19 heavy (non-hydrogen) atoms. The Hall–Kier alpha value is -1.07. The van der Waals surface area contributed by atoms with Crippen molar-refractivity contribution >= 4 is 0 Å². The normalized spacial score (nSPS) is 13.8. The fourth-order valence-corrected chi connectivity index (χ4v) is 1.62. The van der Waals surface area contributed by atoms with E-state index < -0.39 is 18.6 Å². The lowest BCUT2D eigenvalue weighted by atomic mass is 10.00. The minimum absolute atomic E-state index is 0.0944. The van der Waals surface area contributed by atoms with Gasteiger partial charge in [-0.2, -0.15) is 13.2 Å². The first-order valence-electron chi connectivity index (χ1n) is 6.29. The first-order valence-corrected chi connectivity index (χ1v) is 6.29. The van der Waals surface area contributed by atoms with Crippen LogP contribution in [0.2, 0.25) is 0 Å². The Morgan fingerprint density at radius 2 is 1.63 bits per heavy atom. The first kappa shape index (κ1) is 16.0. The molecule has 0 fully saturated rings. The number of alkyl halides is 3. The summed E-state index contributed by atoms with van der Waals surface area (Å²) < 4.78 is 40.7. The third-order valence-corrected chi connectivity index (χ3v) is 2.86. The quantitative estimate of drug-likeness (QED) is 0.802. The molecule has 0 aliphatic rings. The van der Waals surface area contributed by atoms with Crippen molar-refractivity contribution in [2.45, 2.75) is 38.4 Å². The van der Waals surface area contributed by atoms with E-state index >= 15 is 0 Å². The maximum atomic E-state index is 11.9. The van der Waals surface area contributed by atoms with Crippen LogP contribution in [-0.2, 0) is 4.74 Å². The molecular formula is C14H20F3NO. The van der Waals surface area contributed by atoms with Crippen molar-refractivity contribution in [1.29, 1.82) is 0 Å². The number of hydrogen-bond acceptors (Lipinski definition) is 2. The fourth-order valence-electron chi connectivity index (χ4n) is 1.62. The third kappa shape index (κ3) is 6.07. The van der Waals surface area contributed by atoms with E-state index in [-0.39, 0.29) is 13.2 Å². The van der Waals surface area contributed by atoms with Crippen LogP contribution in [0.5, 0.6) is 0 Å². The van der Waals surface area contributed by atoms with E-state index in [1.54, 1.807) is 0 Å². The van der Waals surface area contributed by atoms with Crippen LogP contribution in [0.25, 0.3) is 0 Å². The molecule has 0 aromatic heterocycles. The van der Waals surface area contributed by atoms with Gasteiger partial charge in [0.05, 0.1) is 25.7 Å². The molecule has 2 nitrogen and oxygen atoms in total.